The Labute approximate surface area is 94.6 Å². The molecular formula is C12H17BrO. The van der Waals surface area contributed by atoms with E-state index in [1.807, 2.05) is 13.0 Å². The van der Waals surface area contributed by atoms with Gasteiger partial charge in [-0.1, -0.05) is 35.0 Å². The van der Waals surface area contributed by atoms with E-state index in [-0.39, 0.29) is 0 Å². The number of hydrogen-bond acceptors (Lipinski definition) is 1. The lowest BCUT2D eigenvalue weighted by molar-refractivity contribution is 0.340. The van der Waals surface area contributed by atoms with Crippen LogP contribution in [0.4, 0.5) is 0 Å². The van der Waals surface area contributed by atoms with Crippen LogP contribution in [0.3, 0.4) is 0 Å². The molecule has 0 saturated carbocycles. The Morgan fingerprint density at radius 2 is 2.21 bits per heavy atom. The molecule has 0 N–H and O–H groups in total. The maximum absolute atomic E-state index is 5.45. The predicted octanol–water partition coefficient (Wildman–Crippen LogP) is 3.66. The van der Waals surface area contributed by atoms with Crippen molar-refractivity contribution in [2.24, 2.45) is 5.92 Å². The van der Waals surface area contributed by atoms with Crippen molar-refractivity contribution in [1.82, 2.24) is 0 Å². The zero-order chi connectivity index (χ0) is 10.4. The molecule has 0 bridgehead atoms. The van der Waals surface area contributed by atoms with Gasteiger partial charge >= 0.3 is 0 Å². The van der Waals surface area contributed by atoms with Gasteiger partial charge in [0.15, 0.2) is 0 Å². The minimum atomic E-state index is 0.673. The molecule has 0 aliphatic rings. The Bertz CT molecular complexity index is 273. The SMILES string of the molecule is CCOc1cccc(CC(C)CBr)c1. The molecule has 0 spiro atoms. The third-order valence-corrected chi connectivity index (χ3v) is 3.16. The molecule has 1 nitrogen and oxygen atoms in total. The summed E-state index contributed by atoms with van der Waals surface area (Å²) in [6.45, 7) is 4.98. The molecule has 1 aromatic rings. The summed E-state index contributed by atoms with van der Waals surface area (Å²) in [5.74, 6) is 1.65. The molecule has 1 atom stereocenters. The van der Waals surface area contributed by atoms with Gasteiger partial charge < -0.3 is 4.74 Å². The topological polar surface area (TPSA) is 9.23 Å². The highest BCUT2D eigenvalue weighted by molar-refractivity contribution is 9.09. The Morgan fingerprint density at radius 3 is 2.86 bits per heavy atom. The van der Waals surface area contributed by atoms with Crippen LogP contribution >= 0.6 is 15.9 Å². The monoisotopic (exact) mass is 256 g/mol. The third kappa shape index (κ3) is 3.70. The summed E-state index contributed by atoms with van der Waals surface area (Å²) >= 11 is 3.49. The largest absolute Gasteiger partial charge is 0.494 e. The lowest BCUT2D eigenvalue weighted by Gasteiger charge is -2.09. The van der Waals surface area contributed by atoms with Gasteiger partial charge in [0.05, 0.1) is 6.61 Å². The van der Waals surface area contributed by atoms with Crippen molar-refractivity contribution < 1.29 is 4.74 Å². The van der Waals surface area contributed by atoms with Crippen LogP contribution < -0.4 is 4.74 Å². The number of hydrogen-bond donors (Lipinski definition) is 0. The van der Waals surface area contributed by atoms with Crippen LogP contribution in [-0.2, 0) is 6.42 Å². The number of rotatable bonds is 5. The highest BCUT2D eigenvalue weighted by Crippen LogP contribution is 2.17. The van der Waals surface area contributed by atoms with E-state index < -0.39 is 0 Å². The van der Waals surface area contributed by atoms with Gasteiger partial charge in [0.1, 0.15) is 5.75 Å². The molecule has 14 heavy (non-hydrogen) atoms. The fraction of sp³-hybridized carbons (Fsp3) is 0.500. The van der Waals surface area contributed by atoms with Gasteiger partial charge in [0.25, 0.3) is 0 Å². The van der Waals surface area contributed by atoms with Crippen LogP contribution in [-0.4, -0.2) is 11.9 Å². The van der Waals surface area contributed by atoms with E-state index in [0.717, 1.165) is 24.1 Å². The zero-order valence-corrected chi connectivity index (χ0v) is 10.4. The molecule has 78 valence electrons. The molecule has 0 aromatic heterocycles. The average Bonchev–Trinajstić information content (AvgIpc) is 2.19. The minimum absolute atomic E-state index is 0.673. The van der Waals surface area contributed by atoms with Crippen molar-refractivity contribution >= 4 is 15.9 Å². The summed E-state index contributed by atoms with van der Waals surface area (Å²) in [5, 5.41) is 1.05. The molecule has 0 heterocycles. The van der Waals surface area contributed by atoms with Crippen molar-refractivity contribution in [2.45, 2.75) is 20.3 Å². The van der Waals surface area contributed by atoms with Crippen molar-refractivity contribution in [3.8, 4) is 5.75 Å². The highest BCUT2D eigenvalue weighted by Gasteiger charge is 2.02. The zero-order valence-electron chi connectivity index (χ0n) is 8.79. The molecule has 0 saturated heterocycles. The smallest absolute Gasteiger partial charge is 0.119 e. The van der Waals surface area contributed by atoms with Crippen molar-refractivity contribution in [3.05, 3.63) is 29.8 Å². The fourth-order valence-corrected chi connectivity index (χ4v) is 1.61. The molecular weight excluding hydrogens is 240 g/mol. The van der Waals surface area contributed by atoms with E-state index in [4.69, 9.17) is 4.74 Å². The second kappa shape index (κ2) is 6.07. The minimum Gasteiger partial charge on any atom is -0.494 e. The van der Waals surface area contributed by atoms with Gasteiger partial charge in [-0.15, -0.1) is 0 Å². The standard InChI is InChI=1S/C12H17BrO/c1-3-14-12-6-4-5-11(8-12)7-10(2)9-13/h4-6,8,10H,3,7,9H2,1-2H3. The second-order valence-electron chi connectivity index (χ2n) is 3.54. The molecule has 0 aliphatic carbocycles. The molecule has 0 amide bonds. The Kier molecular flexibility index (Phi) is 5.02. The molecule has 0 fully saturated rings. The molecule has 1 aromatic carbocycles. The Hall–Kier alpha value is -0.500. The predicted molar refractivity (Wildman–Crippen MR) is 64.3 cm³/mol. The summed E-state index contributed by atoms with van der Waals surface area (Å²) in [7, 11) is 0. The van der Waals surface area contributed by atoms with E-state index in [0.29, 0.717) is 5.92 Å². The van der Waals surface area contributed by atoms with Crippen molar-refractivity contribution in [1.29, 1.82) is 0 Å². The first-order valence-corrected chi connectivity index (χ1v) is 6.16. The Balaban J connectivity index is 2.63. The maximum Gasteiger partial charge on any atom is 0.119 e. The molecule has 2 heteroatoms. The van der Waals surface area contributed by atoms with Gasteiger partial charge in [-0.2, -0.15) is 0 Å². The summed E-state index contributed by atoms with van der Waals surface area (Å²) in [6, 6.07) is 8.34. The lowest BCUT2D eigenvalue weighted by Crippen LogP contribution is -2.01. The van der Waals surface area contributed by atoms with Crippen molar-refractivity contribution in [3.63, 3.8) is 0 Å². The number of benzene rings is 1. The van der Waals surface area contributed by atoms with Crippen LogP contribution in [0.1, 0.15) is 19.4 Å². The van der Waals surface area contributed by atoms with Crippen LogP contribution in [0.2, 0.25) is 0 Å². The highest BCUT2D eigenvalue weighted by atomic mass is 79.9. The number of halogens is 1. The maximum atomic E-state index is 5.45. The Morgan fingerprint density at radius 1 is 1.43 bits per heavy atom. The van der Waals surface area contributed by atoms with E-state index in [2.05, 4.69) is 41.1 Å². The quantitative estimate of drug-likeness (QED) is 0.731. The normalized spacial score (nSPS) is 12.5. The third-order valence-electron chi connectivity index (χ3n) is 2.06. The van der Waals surface area contributed by atoms with E-state index >= 15 is 0 Å². The lowest BCUT2D eigenvalue weighted by atomic mass is 10.0. The molecule has 0 radical (unpaired) electrons. The summed E-state index contributed by atoms with van der Waals surface area (Å²) in [4.78, 5) is 0. The van der Waals surface area contributed by atoms with Crippen LogP contribution in [0.25, 0.3) is 0 Å². The van der Waals surface area contributed by atoms with Gasteiger partial charge in [-0.25, -0.2) is 0 Å². The molecule has 1 rings (SSSR count). The summed E-state index contributed by atoms with van der Waals surface area (Å²) in [5.41, 5.74) is 1.35. The summed E-state index contributed by atoms with van der Waals surface area (Å²) in [6.07, 6.45) is 1.10. The van der Waals surface area contributed by atoms with Gasteiger partial charge in [-0.05, 0) is 37.0 Å². The summed E-state index contributed by atoms with van der Waals surface area (Å²) < 4.78 is 5.45. The van der Waals surface area contributed by atoms with Crippen molar-refractivity contribution in [2.75, 3.05) is 11.9 Å². The fourth-order valence-electron chi connectivity index (χ4n) is 1.39. The van der Waals surface area contributed by atoms with E-state index in [1.54, 1.807) is 0 Å². The second-order valence-corrected chi connectivity index (χ2v) is 4.19. The average molecular weight is 257 g/mol. The van der Waals surface area contributed by atoms with Crippen LogP contribution in [0.15, 0.2) is 24.3 Å². The van der Waals surface area contributed by atoms with Gasteiger partial charge in [0, 0.05) is 5.33 Å². The van der Waals surface area contributed by atoms with Crippen LogP contribution in [0, 0.1) is 5.92 Å². The van der Waals surface area contributed by atoms with E-state index in [9.17, 15) is 0 Å². The number of alkyl halides is 1. The first-order valence-electron chi connectivity index (χ1n) is 5.04. The number of ether oxygens (including phenoxy) is 1. The van der Waals surface area contributed by atoms with E-state index in [1.165, 1.54) is 5.56 Å². The van der Waals surface area contributed by atoms with Gasteiger partial charge in [-0.3, -0.25) is 0 Å². The van der Waals surface area contributed by atoms with Crippen LogP contribution in [0.5, 0.6) is 5.75 Å². The first-order chi connectivity index (χ1) is 6.76. The molecule has 1 unspecified atom stereocenters. The first kappa shape index (κ1) is 11.6. The molecule has 0 aliphatic heterocycles. The van der Waals surface area contributed by atoms with Gasteiger partial charge in [0.2, 0.25) is 0 Å².